The number of nitrogens with zero attached hydrogens (tertiary/aromatic N) is 1. The third-order valence-corrected chi connectivity index (χ3v) is 3.92. The number of hydrogen-bond acceptors (Lipinski definition) is 4. The van der Waals surface area contributed by atoms with Crippen LogP contribution in [0.15, 0.2) is 36.4 Å². The molecule has 134 valence electrons. The summed E-state index contributed by atoms with van der Waals surface area (Å²) in [7, 11) is 3.47. The summed E-state index contributed by atoms with van der Waals surface area (Å²) in [5, 5.41) is 12.5. The molecule has 2 N–H and O–H groups in total. The molecule has 0 heterocycles. The smallest absolute Gasteiger partial charge is 0.259 e. The summed E-state index contributed by atoms with van der Waals surface area (Å²) >= 11 is 0. The number of carbonyl (C=O) groups excluding carboxylic acids is 1. The number of carbonyl (C=O) groups is 1. The van der Waals surface area contributed by atoms with Crippen molar-refractivity contribution in [2.45, 2.75) is 13.6 Å². The first-order chi connectivity index (χ1) is 12.0. The fourth-order valence-electron chi connectivity index (χ4n) is 2.52. The maximum Gasteiger partial charge on any atom is 0.259 e. The summed E-state index contributed by atoms with van der Waals surface area (Å²) in [6.45, 7) is 2.36. The minimum absolute atomic E-state index is 0.0928. The molecule has 2 rings (SSSR count). The molecule has 0 unspecified atom stereocenters. The molecule has 0 atom stereocenters. The average Bonchev–Trinajstić information content (AvgIpc) is 2.61. The van der Waals surface area contributed by atoms with E-state index in [1.54, 1.807) is 37.4 Å². The number of aryl methyl sites for hydroxylation is 1. The number of phenolic OH excluding ortho intramolecular Hbond substituents is 1. The summed E-state index contributed by atoms with van der Waals surface area (Å²) in [5.41, 5.74) is 2.74. The van der Waals surface area contributed by atoms with E-state index < -0.39 is 12.6 Å². The molecule has 2 aromatic carbocycles. The van der Waals surface area contributed by atoms with Crippen molar-refractivity contribution in [3.63, 3.8) is 0 Å². The number of halogens is 1. The van der Waals surface area contributed by atoms with Gasteiger partial charge in [-0.15, -0.1) is 0 Å². The second kappa shape index (κ2) is 8.48. The molecule has 5 nitrogen and oxygen atoms in total. The molecular formula is C19H23FN2O3. The van der Waals surface area contributed by atoms with Crippen molar-refractivity contribution in [2.75, 3.05) is 37.5 Å². The molecule has 1 amide bonds. The summed E-state index contributed by atoms with van der Waals surface area (Å²) in [5.74, 6) is -0.531. The van der Waals surface area contributed by atoms with E-state index in [1.165, 1.54) is 6.07 Å². The minimum atomic E-state index is -0.647. The number of nitrogens with one attached hydrogen (secondary N) is 1. The lowest BCUT2D eigenvalue weighted by Gasteiger charge is -2.22. The second-order valence-electron chi connectivity index (χ2n) is 5.87. The Bertz CT molecular complexity index is 749. The lowest BCUT2D eigenvalue weighted by atomic mass is 10.1. The van der Waals surface area contributed by atoms with Crippen LogP contribution in [0, 0.1) is 6.92 Å². The highest BCUT2D eigenvalue weighted by molar-refractivity contribution is 6.06. The normalized spacial score (nSPS) is 10.6. The number of anilines is 2. The number of likely N-dealkylation sites (N-methyl/N-ethyl adjacent to an activating group) is 1. The zero-order valence-electron chi connectivity index (χ0n) is 14.7. The van der Waals surface area contributed by atoms with E-state index in [9.17, 15) is 14.3 Å². The van der Waals surface area contributed by atoms with Crippen molar-refractivity contribution in [3.05, 3.63) is 53.1 Å². The molecule has 25 heavy (non-hydrogen) atoms. The number of phenols is 1. The van der Waals surface area contributed by atoms with E-state index in [-0.39, 0.29) is 11.3 Å². The van der Waals surface area contributed by atoms with Crippen LogP contribution in [-0.4, -0.2) is 38.3 Å². The SMILES string of the molecule is COCCN(C)c1ccc(NC(=O)c2cc(C)ccc2O)cc1CF. The fraction of sp³-hybridized carbons (Fsp3) is 0.316. The summed E-state index contributed by atoms with van der Waals surface area (Å²) in [4.78, 5) is 14.3. The van der Waals surface area contributed by atoms with E-state index in [0.717, 1.165) is 11.3 Å². The van der Waals surface area contributed by atoms with Crippen LogP contribution in [-0.2, 0) is 11.4 Å². The summed E-state index contributed by atoms with van der Waals surface area (Å²) in [6.07, 6.45) is 0. The van der Waals surface area contributed by atoms with Crippen LogP contribution in [0.1, 0.15) is 21.5 Å². The van der Waals surface area contributed by atoms with Gasteiger partial charge in [-0.25, -0.2) is 4.39 Å². The van der Waals surface area contributed by atoms with Gasteiger partial charge in [0.2, 0.25) is 0 Å². The van der Waals surface area contributed by atoms with Crippen LogP contribution < -0.4 is 10.2 Å². The lowest BCUT2D eigenvalue weighted by Crippen LogP contribution is -2.23. The van der Waals surface area contributed by atoms with E-state index in [0.29, 0.717) is 24.4 Å². The van der Waals surface area contributed by atoms with Crippen LogP contribution >= 0.6 is 0 Å². The van der Waals surface area contributed by atoms with Gasteiger partial charge in [0.1, 0.15) is 12.4 Å². The lowest BCUT2D eigenvalue weighted by molar-refractivity contribution is 0.102. The van der Waals surface area contributed by atoms with Gasteiger partial charge in [0.05, 0.1) is 12.2 Å². The van der Waals surface area contributed by atoms with Crippen molar-refractivity contribution in [1.82, 2.24) is 0 Å². The molecule has 6 heteroatoms. The maximum atomic E-state index is 13.4. The first-order valence-electron chi connectivity index (χ1n) is 7.96. The molecule has 0 radical (unpaired) electrons. The van der Waals surface area contributed by atoms with Gasteiger partial charge in [-0.3, -0.25) is 4.79 Å². The molecule has 0 aliphatic carbocycles. The van der Waals surface area contributed by atoms with Crippen LogP contribution in [0.4, 0.5) is 15.8 Å². The third kappa shape index (κ3) is 4.70. The molecule has 2 aromatic rings. The number of ether oxygens (including phenoxy) is 1. The topological polar surface area (TPSA) is 61.8 Å². The Balaban J connectivity index is 2.20. The number of benzene rings is 2. The molecule has 0 saturated heterocycles. The van der Waals surface area contributed by atoms with Gasteiger partial charge in [-0.2, -0.15) is 0 Å². The predicted molar refractivity (Wildman–Crippen MR) is 97.2 cm³/mol. The number of alkyl halides is 1. The highest BCUT2D eigenvalue weighted by Gasteiger charge is 2.14. The Morgan fingerprint density at radius 3 is 2.72 bits per heavy atom. The van der Waals surface area contributed by atoms with Crippen LogP contribution in [0.3, 0.4) is 0 Å². The van der Waals surface area contributed by atoms with Crippen LogP contribution in [0.2, 0.25) is 0 Å². The molecule has 0 saturated carbocycles. The number of rotatable bonds is 7. The minimum Gasteiger partial charge on any atom is -0.507 e. The van der Waals surface area contributed by atoms with Gasteiger partial charge in [0.15, 0.2) is 0 Å². The average molecular weight is 346 g/mol. The molecule has 0 spiro atoms. The molecule has 0 aromatic heterocycles. The number of aromatic hydroxyl groups is 1. The summed E-state index contributed by atoms with van der Waals surface area (Å²) < 4.78 is 18.5. The van der Waals surface area contributed by atoms with E-state index in [2.05, 4.69) is 5.32 Å². The zero-order chi connectivity index (χ0) is 18.4. The Morgan fingerprint density at radius 2 is 2.04 bits per heavy atom. The number of methoxy groups -OCH3 is 1. The highest BCUT2D eigenvalue weighted by Crippen LogP contribution is 2.26. The van der Waals surface area contributed by atoms with Gasteiger partial charge in [0.25, 0.3) is 5.91 Å². The van der Waals surface area contributed by atoms with Crippen molar-refractivity contribution in [2.24, 2.45) is 0 Å². The van der Waals surface area contributed by atoms with Gasteiger partial charge in [0, 0.05) is 37.6 Å². The first-order valence-corrected chi connectivity index (χ1v) is 7.96. The quantitative estimate of drug-likeness (QED) is 0.805. The van der Waals surface area contributed by atoms with E-state index in [4.69, 9.17) is 4.74 Å². The second-order valence-corrected chi connectivity index (χ2v) is 5.87. The Morgan fingerprint density at radius 1 is 1.28 bits per heavy atom. The van der Waals surface area contributed by atoms with Gasteiger partial charge in [-0.05, 0) is 37.3 Å². The molecule has 0 fully saturated rings. The Labute approximate surface area is 147 Å². The van der Waals surface area contributed by atoms with Gasteiger partial charge < -0.3 is 20.1 Å². The largest absolute Gasteiger partial charge is 0.507 e. The standard InChI is InChI=1S/C19H23FN2O3/c1-13-4-7-18(23)16(10-13)19(24)21-15-5-6-17(14(11-15)12-20)22(2)8-9-25-3/h4-7,10-11,23H,8-9,12H2,1-3H3,(H,21,24). The number of hydrogen-bond donors (Lipinski definition) is 2. The van der Waals surface area contributed by atoms with E-state index in [1.807, 2.05) is 18.9 Å². The highest BCUT2D eigenvalue weighted by atomic mass is 19.1. The molecule has 0 aliphatic heterocycles. The molecule has 0 bridgehead atoms. The van der Waals surface area contributed by atoms with Crippen molar-refractivity contribution >= 4 is 17.3 Å². The van der Waals surface area contributed by atoms with Crippen molar-refractivity contribution < 1.29 is 19.0 Å². The third-order valence-electron chi connectivity index (χ3n) is 3.92. The fourth-order valence-corrected chi connectivity index (χ4v) is 2.52. The van der Waals surface area contributed by atoms with Crippen molar-refractivity contribution in [3.8, 4) is 5.75 Å². The van der Waals surface area contributed by atoms with Gasteiger partial charge >= 0.3 is 0 Å². The summed E-state index contributed by atoms with van der Waals surface area (Å²) in [6, 6.07) is 9.87. The van der Waals surface area contributed by atoms with Crippen LogP contribution in [0.25, 0.3) is 0 Å². The Hall–Kier alpha value is -2.60. The van der Waals surface area contributed by atoms with E-state index >= 15 is 0 Å². The molecular weight excluding hydrogens is 323 g/mol. The van der Waals surface area contributed by atoms with Crippen LogP contribution in [0.5, 0.6) is 5.75 Å². The molecule has 0 aliphatic rings. The monoisotopic (exact) mass is 346 g/mol. The van der Waals surface area contributed by atoms with Gasteiger partial charge in [-0.1, -0.05) is 11.6 Å². The van der Waals surface area contributed by atoms with Crippen molar-refractivity contribution in [1.29, 1.82) is 0 Å². The predicted octanol–water partition coefficient (Wildman–Crippen LogP) is 3.51. The zero-order valence-corrected chi connectivity index (χ0v) is 14.7. The number of amides is 1. The maximum absolute atomic E-state index is 13.4. The first kappa shape index (κ1) is 18.7. The Kier molecular flexibility index (Phi) is 6.36.